The summed E-state index contributed by atoms with van der Waals surface area (Å²) in [6.07, 6.45) is 1.53. The van der Waals surface area contributed by atoms with Gasteiger partial charge in [0.2, 0.25) is 0 Å². The Morgan fingerprint density at radius 3 is 2.76 bits per heavy atom. The van der Waals surface area contributed by atoms with Crippen LogP contribution in [0.25, 0.3) is 0 Å². The predicted octanol–water partition coefficient (Wildman–Crippen LogP) is 2.50. The maximum absolute atomic E-state index is 12.3. The molecule has 0 radical (unpaired) electrons. The molecule has 0 aliphatic rings. The Morgan fingerprint density at radius 1 is 1.43 bits per heavy atom. The SMILES string of the molecule is CNc1ccc(C(=O)N(C)Cc2ccco2)cc1[N+](=O)[O-]. The molecule has 21 heavy (non-hydrogen) atoms. The highest BCUT2D eigenvalue weighted by Gasteiger charge is 2.19. The van der Waals surface area contributed by atoms with E-state index < -0.39 is 4.92 Å². The summed E-state index contributed by atoms with van der Waals surface area (Å²) in [5.41, 5.74) is 0.495. The molecule has 0 bridgehead atoms. The number of nitro groups is 1. The van der Waals surface area contributed by atoms with E-state index in [4.69, 9.17) is 4.42 Å². The minimum absolute atomic E-state index is 0.130. The molecule has 0 saturated heterocycles. The summed E-state index contributed by atoms with van der Waals surface area (Å²) in [6.45, 7) is 0.299. The van der Waals surface area contributed by atoms with Gasteiger partial charge in [-0.15, -0.1) is 0 Å². The van der Waals surface area contributed by atoms with Crippen LogP contribution in [0, 0.1) is 10.1 Å². The second kappa shape index (κ2) is 6.08. The van der Waals surface area contributed by atoms with E-state index in [2.05, 4.69) is 5.32 Å². The van der Waals surface area contributed by atoms with E-state index in [-0.39, 0.29) is 17.2 Å². The summed E-state index contributed by atoms with van der Waals surface area (Å²) in [7, 11) is 3.20. The predicted molar refractivity (Wildman–Crippen MR) is 77.1 cm³/mol. The smallest absolute Gasteiger partial charge is 0.293 e. The van der Waals surface area contributed by atoms with E-state index in [1.54, 1.807) is 32.3 Å². The zero-order chi connectivity index (χ0) is 15.4. The third kappa shape index (κ3) is 3.19. The summed E-state index contributed by atoms with van der Waals surface area (Å²) < 4.78 is 5.18. The molecular weight excluding hydrogens is 274 g/mol. The van der Waals surface area contributed by atoms with Crippen molar-refractivity contribution in [1.29, 1.82) is 0 Å². The van der Waals surface area contributed by atoms with Crippen LogP contribution in [0.2, 0.25) is 0 Å². The summed E-state index contributed by atoms with van der Waals surface area (Å²) in [5.74, 6) is 0.337. The van der Waals surface area contributed by atoms with E-state index in [0.717, 1.165) is 0 Å². The van der Waals surface area contributed by atoms with E-state index >= 15 is 0 Å². The Balaban J connectivity index is 2.22. The molecule has 7 heteroatoms. The number of hydrogen-bond acceptors (Lipinski definition) is 5. The number of nitrogens with zero attached hydrogens (tertiary/aromatic N) is 2. The highest BCUT2D eigenvalue weighted by Crippen LogP contribution is 2.25. The van der Waals surface area contributed by atoms with Gasteiger partial charge in [0.25, 0.3) is 11.6 Å². The van der Waals surface area contributed by atoms with Gasteiger partial charge in [-0.3, -0.25) is 14.9 Å². The highest BCUT2D eigenvalue weighted by molar-refractivity contribution is 5.95. The number of anilines is 1. The number of amides is 1. The molecule has 0 spiro atoms. The molecule has 0 aliphatic heterocycles. The van der Waals surface area contributed by atoms with E-state index in [1.165, 1.54) is 23.3 Å². The van der Waals surface area contributed by atoms with Crippen molar-refractivity contribution < 1.29 is 14.1 Å². The van der Waals surface area contributed by atoms with Gasteiger partial charge in [0, 0.05) is 25.7 Å². The van der Waals surface area contributed by atoms with Gasteiger partial charge in [-0.25, -0.2) is 0 Å². The molecule has 0 aliphatic carbocycles. The van der Waals surface area contributed by atoms with Crippen LogP contribution in [0.15, 0.2) is 41.0 Å². The number of carbonyl (C=O) groups excluding carboxylic acids is 1. The maximum atomic E-state index is 12.3. The lowest BCUT2D eigenvalue weighted by molar-refractivity contribution is -0.384. The van der Waals surface area contributed by atoms with Crippen LogP contribution in [0.4, 0.5) is 11.4 Å². The van der Waals surface area contributed by atoms with Gasteiger partial charge in [0.15, 0.2) is 0 Å². The van der Waals surface area contributed by atoms with E-state index in [9.17, 15) is 14.9 Å². The maximum Gasteiger partial charge on any atom is 0.293 e. The van der Waals surface area contributed by atoms with Crippen LogP contribution in [-0.2, 0) is 6.54 Å². The van der Waals surface area contributed by atoms with Gasteiger partial charge in [-0.05, 0) is 24.3 Å². The van der Waals surface area contributed by atoms with Crippen molar-refractivity contribution in [2.24, 2.45) is 0 Å². The lowest BCUT2D eigenvalue weighted by Crippen LogP contribution is -2.26. The van der Waals surface area contributed by atoms with Crippen LogP contribution < -0.4 is 5.32 Å². The molecule has 7 nitrogen and oxygen atoms in total. The van der Waals surface area contributed by atoms with Crippen molar-refractivity contribution in [3.63, 3.8) is 0 Å². The monoisotopic (exact) mass is 289 g/mol. The zero-order valence-electron chi connectivity index (χ0n) is 11.7. The Morgan fingerprint density at radius 2 is 2.19 bits per heavy atom. The highest BCUT2D eigenvalue weighted by atomic mass is 16.6. The lowest BCUT2D eigenvalue weighted by atomic mass is 10.1. The molecule has 0 atom stereocenters. The molecule has 1 N–H and O–H groups in total. The average molecular weight is 289 g/mol. The number of benzene rings is 1. The van der Waals surface area contributed by atoms with E-state index in [1.807, 2.05) is 0 Å². The molecule has 1 aromatic heterocycles. The third-order valence-corrected chi connectivity index (χ3v) is 3.03. The summed E-state index contributed by atoms with van der Waals surface area (Å²) in [5, 5.41) is 13.7. The lowest BCUT2D eigenvalue weighted by Gasteiger charge is -2.16. The number of nitrogens with one attached hydrogen (secondary N) is 1. The topological polar surface area (TPSA) is 88.6 Å². The number of nitro benzene ring substituents is 1. The minimum atomic E-state index is -0.519. The van der Waals surface area contributed by atoms with Gasteiger partial charge in [-0.1, -0.05) is 0 Å². The Hall–Kier alpha value is -2.83. The van der Waals surface area contributed by atoms with Crippen molar-refractivity contribution in [3.8, 4) is 0 Å². The zero-order valence-corrected chi connectivity index (χ0v) is 11.7. The Labute approximate surface area is 121 Å². The average Bonchev–Trinajstić information content (AvgIpc) is 2.98. The van der Waals surface area contributed by atoms with E-state index in [0.29, 0.717) is 18.0 Å². The van der Waals surface area contributed by atoms with Gasteiger partial charge < -0.3 is 14.6 Å². The number of rotatable bonds is 5. The van der Waals surface area contributed by atoms with Crippen LogP contribution in [0.1, 0.15) is 16.1 Å². The number of carbonyl (C=O) groups is 1. The molecule has 110 valence electrons. The largest absolute Gasteiger partial charge is 0.467 e. The second-order valence-electron chi connectivity index (χ2n) is 4.48. The van der Waals surface area contributed by atoms with Gasteiger partial charge in [0.1, 0.15) is 11.4 Å². The Bertz CT molecular complexity index is 652. The normalized spacial score (nSPS) is 10.2. The fraction of sp³-hybridized carbons (Fsp3) is 0.214. The fourth-order valence-corrected chi connectivity index (χ4v) is 1.96. The number of furan rings is 1. The molecule has 2 aromatic rings. The fourth-order valence-electron chi connectivity index (χ4n) is 1.96. The van der Waals surface area contributed by atoms with Crippen molar-refractivity contribution in [1.82, 2.24) is 4.90 Å². The number of hydrogen-bond donors (Lipinski definition) is 1. The molecular formula is C14H15N3O4. The van der Waals surface area contributed by atoms with Crippen LogP contribution in [0.5, 0.6) is 0 Å². The quantitative estimate of drug-likeness (QED) is 0.674. The summed E-state index contributed by atoms with van der Waals surface area (Å²) in [4.78, 5) is 24.2. The molecule has 0 fully saturated rings. The first-order valence-electron chi connectivity index (χ1n) is 6.27. The molecule has 1 heterocycles. The summed E-state index contributed by atoms with van der Waals surface area (Å²) >= 11 is 0. The minimum Gasteiger partial charge on any atom is -0.467 e. The molecule has 1 amide bonds. The molecule has 0 saturated carbocycles. The van der Waals surface area contributed by atoms with Crippen LogP contribution in [-0.4, -0.2) is 29.8 Å². The van der Waals surface area contributed by atoms with Crippen LogP contribution in [0.3, 0.4) is 0 Å². The van der Waals surface area contributed by atoms with Crippen molar-refractivity contribution in [2.75, 3.05) is 19.4 Å². The van der Waals surface area contributed by atoms with Gasteiger partial charge >= 0.3 is 0 Å². The third-order valence-electron chi connectivity index (χ3n) is 3.03. The van der Waals surface area contributed by atoms with Crippen molar-refractivity contribution in [2.45, 2.75) is 6.54 Å². The first-order chi connectivity index (χ1) is 10.0. The second-order valence-corrected chi connectivity index (χ2v) is 4.48. The van der Waals surface area contributed by atoms with Crippen molar-refractivity contribution >= 4 is 17.3 Å². The standard InChI is InChI=1S/C14H15N3O4/c1-15-12-6-5-10(8-13(12)17(19)20)14(18)16(2)9-11-4-3-7-21-11/h3-8,15H,9H2,1-2H3. The van der Waals surface area contributed by atoms with Crippen LogP contribution >= 0.6 is 0 Å². The summed E-state index contributed by atoms with van der Waals surface area (Å²) in [6, 6.07) is 7.84. The van der Waals surface area contributed by atoms with Gasteiger partial charge in [0.05, 0.1) is 17.7 Å². The first kappa shape index (κ1) is 14.6. The van der Waals surface area contributed by atoms with Crippen molar-refractivity contribution in [3.05, 3.63) is 58.0 Å². The Kier molecular flexibility index (Phi) is 4.22. The molecule has 0 unspecified atom stereocenters. The molecule has 2 rings (SSSR count). The first-order valence-corrected chi connectivity index (χ1v) is 6.27. The molecule has 1 aromatic carbocycles. The van der Waals surface area contributed by atoms with Gasteiger partial charge in [-0.2, -0.15) is 0 Å².